The number of aromatic nitrogens is 4. The van der Waals surface area contributed by atoms with E-state index in [2.05, 4.69) is 126 Å². The minimum Gasteiger partial charge on any atom is -0.356 e. The van der Waals surface area contributed by atoms with Crippen molar-refractivity contribution in [2.45, 2.75) is 105 Å². The molecule has 11 rings (SSSR count). The van der Waals surface area contributed by atoms with Gasteiger partial charge in [0.2, 0.25) is 11.8 Å². The maximum Gasteiger partial charge on any atom is 0.252 e. The Labute approximate surface area is 486 Å². The van der Waals surface area contributed by atoms with E-state index in [4.69, 9.17) is 9.97 Å². The van der Waals surface area contributed by atoms with Crippen LogP contribution in [0.5, 0.6) is 0 Å². The molecule has 0 saturated heterocycles. The Bertz CT molecular complexity index is 4180. The zero-order chi connectivity index (χ0) is 56.7. The van der Waals surface area contributed by atoms with Crippen LogP contribution in [0, 0.1) is 13.8 Å². The van der Waals surface area contributed by atoms with E-state index in [1.54, 1.807) is 22.7 Å². The molecule has 0 unspecified atom stereocenters. The molecule has 2 aliphatic heterocycles. The van der Waals surface area contributed by atoms with Crippen LogP contribution in [0.4, 0.5) is 0 Å². The first-order valence-corrected chi connectivity index (χ1v) is 30.7. The predicted molar refractivity (Wildman–Crippen MR) is 340 cm³/mol. The number of hydrogen-bond donors (Lipinski definition) is 6. The number of thiophene rings is 2. The summed E-state index contributed by atoms with van der Waals surface area (Å²) in [5.41, 5.74) is 14.8. The van der Waals surface area contributed by atoms with E-state index in [0.717, 1.165) is 172 Å². The van der Waals surface area contributed by atoms with Crippen molar-refractivity contribution in [3.8, 4) is 0 Å². The van der Waals surface area contributed by atoms with E-state index >= 15 is 0 Å². The fourth-order valence-electron chi connectivity index (χ4n) is 11.5. The van der Waals surface area contributed by atoms with Crippen LogP contribution < -0.4 is 21.3 Å². The quantitative estimate of drug-likeness (QED) is 0.0369. The Kier molecular flexibility index (Phi) is 17.2. The Balaban J connectivity index is 0.690. The first-order chi connectivity index (χ1) is 39.9. The molecule has 14 heteroatoms. The Morgan fingerprint density at radius 3 is 1.35 bits per heavy atom. The summed E-state index contributed by atoms with van der Waals surface area (Å²) in [6.07, 6.45) is 8.83. The molecule has 0 fully saturated rings. The lowest BCUT2D eigenvalue weighted by molar-refractivity contribution is -0.121. The van der Waals surface area contributed by atoms with Gasteiger partial charge in [-0.3, -0.25) is 19.2 Å². The van der Waals surface area contributed by atoms with Crippen LogP contribution in [-0.2, 0) is 9.59 Å². The van der Waals surface area contributed by atoms with E-state index in [9.17, 15) is 19.2 Å². The minimum atomic E-state index is -0.0391. The molecule has 4 amide bonds. The fourth-order valence-corrected chi connectivity index (χ4v) is 13.4. The summed E-state index contributed by atoms with van der Waals surface area (Å²) in [4.78, 5) is 71.2. The van der Waals surface area contributed by atoms with Gasteiger partial charge in [0, 0.05) is 81.3 Å². The van der Waals surface area contributed by atoms with Crippen LogP contribution in [0.2, 0.25) is 0 Å². The van der Waals surface area contributed by atoms with Gasteiger partial charge in [0.1, 0.15) is 0 Å². The van der Waals surface area contributed by atoms with Gasteiger partial charge >= 0.3 is 0 Å². The molecule has 2 aliphatic rings. The number of nitrogens with one attached hydrogen (secondary N) is 6. The number of fused-ring (bicyclic) bond motifs is 14. The van der Waals surface area contributed by atoms with Crippen LogP contribution in [0.1, 0.15) is 146 Å². The van der Waals surface area contributed by atoms with Crippen molar-refractivity contribution in [2.24, 2.45) is 0 Å². The van der Waals surface area contributed by atoms with E-state index < -0.39 is 0 Å². The number of carbonyl (C=O) groups excluding carboxylic acids is 4. The van der Waals surface area contributed by atoms with Crippen LogP contribution >= 0.6 is 22.7 Å². The number of allylic oxidation sites excluding steroid dienone is 4. The first-order valence-electron chi connectivity index (χ1n) is 28.9. The molecular weight excluding hydrogens is 1060 g/mol. The van der Waals surface area contributed by atoms with Gasteiger partial charge in [-0.1, -0.05) is 74.2 Å². The second-order valence-corrected chi connectivity index (χ2v) is 23.7. The molecule has 0 atom stereocenters. The third kappa shape index (κ3) is 12.5. The van der Waals surface area contributed by atoms with Gasteiger partial charge in [-0.05, 0) is 193 Å². The van der Waals surface area contributed by atoms with Crippen LogP contribution in [0.25, 0.3) is 86.1 Å². The summed E-state index contributed by atoms with van der Waals surface area (Å²) in [5, 5.41) is 23.4. The number of H-pyrrole nitrogens is 2. The molecule has 5 aromatic heterocycles. The van der Waals surface area contributed by atoms with Crippen molar-refractivity contribution < 1.29 is 19.2 Å². The molecule has 0 radical (unpaired) electrons. The summed E-state index contributed by atoms with van der Waals surface area (Å²) in [6.45, 7) is 10.7. The van der Waals surface area contributed by atoms with Crippen molar-refractivity contribution >= 4 is 132 Å². The predicted octanol–water partition coefficient (Wildman–Crippen LogP) is 15.3. The number of benzene rings is 4. The zero-order valence-electron chi connectivity index (χ0n) is 47.2. The number of rotatable bonds is 22. The number of aryl methyl sites for hydroxylation is 2. The van der Waals surface area contributed by atoms with Crippen molar-refractivity contribution in [2.75, 3.05) is 26.2 Å². The average Bonchev–Trinajstić information content (AvgIpc) is 4.39. The van der Waals surface area contributed by atoms with Gasteiger partial charge in [0.05, 0.1) is 33.9 Å². The minimum absolute atomic E-state index is 0.00846. The second-order valence-electron chi connectivity index (χ2n) is 21.8. The molecule has 0 aliphatic carbocycles. The summed E-state index contributed by atoms with van der Waals surface area (Å²) >= 11 is 3.21. The molecule has 0 saturated carbocycles. The lowest BCUT2D eigenvalue weighted by Gasteiger charge is -2.09. The third-order valence-electron chi connectivity index (χ3n) is 16.1. The molecule has 4 aromatic carbocycles. The second kappa shape index (κ2) is 25.3. The molecule has 6 N–H and O–H groups in total. The smallest absolute Gasteiger partial charge is 0.252 e. The normalized spacial score (nSPS) is 12.5. The number of nitrogens with zero attached hydrogens (tertiary/aromatic N) is 2. The maximum absolute atomic E-state index is 13.5. The average molecular weight is 1130 g/mol. The highest BCUT2D eigenvalue weighted by molar-refractivity contribution is 7.18. The van der Waals surface area contributed by atoms with E-state index in [1.807, 2.05) is 53.2 Å². The summed E-state index contributed by atoms with van der Waals surface area (Å²) < 4.78 is 2.04. The largest absolute Gasteiger partial charge is 0.356 e. The molecule has 418 valence electrons. The summed E-state index contributed by atoms with van der Waals surface area (Å²) in [7, 11) is 0. The van der Waals surface area contributed by atoms with Gasteiger partial charge in [-0.15, -0.1) is 22.7 Å². The third-order valence-corrected chi connectivity index (χ3v) is 18.0. The van der Waals surface area contributed by atoms with E-state index in [1.165, 1.54) is 10.8 Å². The first kappa shape index (κ1) is 55.7. The van der Waals surface area contributed by atoms with Crippen LogP contribution in [-0.4, -0.2) is 69.7 Å². The number of hydrogen-bond acceptors (Lipinski definition) is 8. The van der Waals surface area contributed by atoms with Crippen molar-refractivity contribution in [1.82, 2.24) is 41.2 Å². The number of unbranched alkanes of at least 4 members (excludes halogenated alkanes) is 6. The molecular formula is C68H70N8O4S2. The maximum atomic E-state index is 13.5. The van der Waals surface area contributed by atoms with Crippen molar-refractivity contribution in [3.05, 3.63) is 165 Å². The highest BCUT2D eigenvalue weighted by Gasteiger charge is 2.23. The Hall–Kier alpha value is -8.20. The van der Waals surface area contributed by atoms with Gasteiger partial charge in [0.15, 0.2) is 0 Å². The van der Waals surface area contributed by atoms with Crippen molar-refractivity contribution in [3.63, 3.8) is 0 Å². The molecule has 0 spiro atoms. The number of aromatic amines is 2. The standard InChI is InChI=1S/C68H70N8O4S2/c1-41-33-48-38-59-43(3)49(21-23-63(77)69-27-13-5-7-15-29-71-67(79)55-35-45-17-9-11-19-51(45)53-25-31-81-65(53)55)61(75-59)40-62-50(44(4)60(76-62)39-58-42(2)34-47(74-58)37-57(41)73-48)22-24-64(78)70-28-14-6-8-16-30-72-68(80)56-36-46-18-10-12-20-52(46)54-26-32-82-66(54)56/h9-12,17-20,25-26,31-40,73-74H,5-8,13-16,21-24,27-30H2,1-4H3,(H,69,77)(H,70,78)(H,71,79)(H,72,80). The fraction of sp³-hybridized carbons (Fsp3) is 0.294. The van der Waals surface area contributed by atoms with Crippen LogP contribution in [0.3, 0.4) is 0 Å². The van der Waals surface area contributed by atoms with E-state index in [-0.39, 0.29) is 23.6 Å². The SMILES string of the molecule is CC1=C(CCC(=O)NCCCCCCNC(=O)c2cc3ccccc3c3ccsc23)c2cc3nc(cc4[nH]c(cc4C)cc4[nH]c(cc1n2)cc4C)C(C)=C3CCC(=O)NCCCCCCNC(=O)c1cc2ccccc2c2ccsc12. The highest BCUT2D eigenvalue weighted by atomic mass is 32.1. The summed E-state index contributed by atoms with van der Waals surface area (Å²) in [6, 6.07) is 37.2. The highest BCUT2D eigenvalue weighted by Crippen LogP contribution is 2.39. The monoisotopic (exact) mass is 1130 g/mol. The van der Waals surface area contributed by atoms with Gasteiger partial charge in [0.25, 0.3) is 11.8 Å². The van der Waals surface area contributed by atoms with Gasteiger partial charge < -0.3 is 31.2 Å². The molecule has 9 aromatic rings. The molecule has 8 bridgehead atoms. The van der Waals surface area contributed by atoms with E-state index in [0.29, 0.717) is 51.9 Å². The topological polar surface area (TPSA) is 174 Å². The molecule has 12 nitrogen and oxygen atoms in total. The van der Waals surface area contributed by atoms with Gasteiger partial charge in [-0.25, -0.2) is 9.97 Å². The lowest BCUT2D eigenvalue weighted by atomic mass is 9.98. The lowest BCUT2D eigenvalue weighted by Crippen LogP contribution is -2.25. The van der Waals surface area contributed by atoms with Crippen molar-refractivity contribution in [1.29, 1.82) is 0 Å². The summed E-state index contributed by atoms with van der Waals surface area (Å²) in [5.74, 6) is -0.0953. The van der Waals surface area contributed by atoms with Crippen LogP contribution in [0.15, 0.2) is 120 Å². The Morgan fingerprint density at radius 2 is 0.866 bits per heavy atom. The Morgan fingerprint density at radius 1 is 0.439 bits per heavy atom. The zero-order valence-corrected chi connectivity index (χ0v) is 48.8. The number of amides is 4. The molecule has 7 heterocycles. The van der Waals surface area contributed by atoms with Gasteiger partial charge in [-0.2, -0.15) is 0 Å². The molecule has 82 heavy (non-hydrogen) atoms. The number of carbonyl (C=O) groups is 4.